The van der Waals surface area contributed by atoms with Gasteiger partial charge < -0.3 is 9.32 Å². The van der Waals surface area contributed by atoms with Crippen molar-refractivity contribution < 1.29 is 14.0 Å². The molecule has 1 fully saturated rings. The van der Waals surface area contributed by atoms with E-state index < -0.39 is 0 Å². The number of benzene rings is 1. The van der Waals surface area contributed by atoms with Gasteiger partial charge in [0.2, 0.25) is 5.91 Å². The van der Waals surface area contributed by atoms with Crippen molar-refractivity contribution in [2.24, 2.45) is 5.92 Å². The summed E-state index contributed by atoms with van der Waals surface area (Å²) in [4.78, 5) is 31.9. The SMILES string of the molecule is Cc1occc1C(=O)Nc1nc(CC(=O)N(Cc2ccccc2)C(C)C2CC2)cs1. The molecule has 3 aromatic rings. The fraction of sp³-hybridized carbons (Fsp3) is 0.348. The smallest absolute Gasteiger partial charge is 0.260 e. The number of hydrogen-bond donors (Lipinski definition) is 1. The molecule has 0 bridgehead atoms. The maximum absolute atomic E-state index is 13.1. The van der Waals surface area contributed by atoms with Crippen LogP contribution in [0.1, 0.15) is 47.1 Å². The number of hydrogen-bond acceptors (Lipinski definition) is 5. The van der Waals surface area contributed by atoms with Crippen molar-refractivity contribution >= 4 is 28.3 Å². The molecule has 1 saturated carbocycles. The standard InChI is InChI=1S/C23H25N3O3S/c1-15(18-8-9-18)26(13-17-6-4-3-5-7-17)21(27)12-19-14-30-23(24-19)25-22(28)20-10-11-29-16(20)2/h3-7,10-11,14-15,18H,8-9,12-13H2,1-2H3,(H,24,25,28). The summed E-state index contributed by atoms with van der Waals surface area (Å²) in [5.74, 6) is 0.944. The highest BCUT2D eigenvalue weighted by molar-refractivity contribution is 7.14. The van der Waals surface area contributed by atoms with Crippen molar-refractivity contribution in [2.75, 3.05) is 5.32 Å². The third-order valence-corrected chi connectivity index (χ3v) is 6.33. The van der Waals surface area contributed by atoms with E-state index in [0.717, 1.165) is 5.56 Å². The predicted octanol–water partition coefficient (Wildman–Crippen LogP) is 4.67. The number of nitrogens with zero attached hydrogens (tertiary/aromatic N) is 2. The lowest BCUT2D eigenvalue weighted by atomic mass is 10.1. The number of anilines is 1. The number of rotatable bonds is 8. The highest BCUT2D eigenvalue weighted by Crippen LogP contribution is 2.36. The van der Waals surface area contributed by atoms with E-state index in [1.807, 2.05) is 40.6 Å². The Balaban J connectivity index is 1.42. The summed E-state index contributed by atoms with van der Waals surface area (Å²) in [6.07, 6.45) is 4.07. The number of thiazole rings is 1. The van der Waals surface area contributed by atoms with Gasteiger partial charge in [-0.15, -0.1) is 11.3 Å². The second kappa shape index (κ2) is 8.83. The molecule has 4 rings (SSSR count). The molecule has 0 spiro atoms. The molecule has 1 N–H and O–H groups in total. The lowest BCUT2D eigenvalue weighted by Crippen LogP contribution is -2.40. The van der Waals surface area contributed by atoms with E-state index in [0.29, 0.717) is 34.6 Å². The second-order valence-electron chi connectivity index (χ2n) is 7.75. The number of carbonyl (C=O) groups is 2. The van der Waals surface area contributed by atoms with Gasteiger partial charge in [-0.3, -0.25) is 14.9 Å². The van der Waals surface area contributed by atoms with Gasteiger partial charge in [-0.05, 0) is 44.2 Å². The number of carbonyl (C=O) groups excluding carboxylic acids is 2. The zero-order valence-corrected chi connectivity index (χ0v) is 17.9. The summed E-state index contributed by atoms with van der Waals surface area (Å²) in [5, 5.41) is 5.09. The minimum Gasteiger partial charge on any atom is -0.469 e. The summed E-state index contributed by atoms with van der Waals surface area (Å²) in [6, 6.07) is 11.9. The molecule has 1 unspecified atom stereocenters. The quantitative estimate of drug-likeness (QED) is 0.571. The van der Waals surface area contributed by atoms with Gasteiger partial charge in [0, 0.05) is 18.0 Å². The van der Waals surface area contributed by atoms with Crippen molar-refractivity contribution in [2.45, 2.75) is 45.7 Å². The molecule has 1 aromatic carbocycles. The Morgan fingerprint density at radius 3 is 2.70 bits per heavy atom. The lowest BCUT2D eigenvalue weighted by molar-refractivity contribution is -0.133. The van der Waals surface area contributed by atoms with Crippen LogP contribution in [0.2, 0.25) is 0 Å². The Morgan fingerprint density at radius 1 is 1.27 bits per heavy atom. The largest absolute Gasteiger partial charge is 0.469 e. The van der Waals surface area contributed by atoms with Crippen LogP contribution in [0.3, 0.4) is 0 Å². The van der Waals surface area contributed by atoms with Crippen molar-refractivity contribution in [1.82, 2.24) is 9.88 Å². The van der Waals surface area contributed by atoms with E-state index in [2.05, 4.69) is 17.2 Å². The van der Waals surface area contributed by atoms with Gasteiger partial charge in [0.1, 0.15) is 5.76 Å². The summed E-state index contributed by atoms with van der Waals surface area (Å²) in [7, 11) is 0. The molecule has 1 aliphatic rings. The van der Waals surface area contributed by atoms with Gasteiger partial charge in [-0.1, -0.05) is 30.3 Å². The van der Waals surface area contributed by atoms with E-state index in [4.69, 9.17) is 4.42 Å². The Morgan fingerprint density at radius 2 is 2.03 bits per heavy atom. The topological polar surface area (TPSA) is 75.4 Å². The molecule has 0 aliphatic heterocycles. The Bertz CT molecular complexity index is 1020. The van der Waals surface area contributed by atoms with Crippen molar-refractivity contribution in [3.63, 3.8) is 0 Å². The van der Waals surface area contributed by atoms with E-state index in [9.17, 15) is 9.59 Å². The Hall–Kier alpha value is -2.93. The van der Waals surface area contributed by atoms with Crippen LogP contribution >= 0.6 is 11.3 Å². The highest BCUT2D eigenvalue weighted by Gasteiger charge is 2.34. The Kier molecular flexibility index (Phi) is 5.99. The fourth-order valence-corrected chi connectivity index (χ4v) is 4.26. The summed E-state index contributed by atoms with van der Waals surface area (Å²) in [6.45, 7) is 4.48. The maximum atomic E-state index is 13.1. The summed E-state index contributed by atoms with van der Waals surface area (Å²) >= 11 is 1.32. The fourth-order valence-electron chi connectivity index (χ4n) is 3.56. The van der Waals surface area contributed by atoms with Crippen LogP contribution in [0, 0.1) is 12.8 Å². The monoisotopic (exact) mass is 423 g/mol. The van der Waals surface area contributed by atoms with Crippen LogP contribution in [-0.2, 0) is 17.8 Å². The van der Waals surface area contributed by atoms with Gasteiger partial charge in [0.05, 0.1) is 23.9 Å². The maximum Gasteiger partial charge on any atom is 0.260 e. The van der Waals surface area contributed by atoms with Crippen LogP contribution in [0.15, 0.2) is 52.5 Å². The molecule has 0 radical (unpaired) electrons. The molecule has 2 heterocycles. The molecule has 30 heavy (non-hydrogen) atoms. The molecule has 2 aromatic heterocycles. The number of aryl methyl sites for hydroxylation is 1. The van der Waals surface area contributed by atoms with Gasteiger partial charge in [-0.25, -0.2) is 4.98 Å². The molecule has 1 aliphatic carbocycles. The average Bonchev–Trinajstić information content (AvgIpc) is 3.36. The third-order valence-electron chi connectivity index (χ3n) is 5.52. The number of furan rings is 1. The zero-order chi connectivity index (χ0) is 21.1. The average molecular weight is 424 g/mol. The molecule has 1 atom stereocenters. The normalized spacial score (nSPS) is 14.3. The molecule has 2 amide bonds. The molecular formula is C23H25N3O3S. The Labute approximate surface area is 179 Å². The third kappa shape index (κ3) is 4.79. The molecule has 7 heteroatoms. The minimum absolute atomic E-state index is 0.0621. The van der Waals surface area contributed by atoms with Crippen LogP contribution < -0.4 is 5.32 Å². The highest BCUT2D eigenvalue weighted by atomic mass is 32.1. The molecule has 0 saturated heterocycles. The van der Waals surface area contributed by atoms with Crippen molar-refractivity contribution in [1.29, 1.82) is 0 Å². The first-order chi connectivity index (χ1) is 14.5. The lowest BCUT2D eigenvalue weighted by Gasteiger charge is -2.29. The van der Waals surface area contributed by atoms with E-state index in [-0.39, 0.29) is 24.3 Å². The van der Waals surface area contributed by atoms with E-state index in [1.165, 1.54) is 30.4 Å². The van der Waals surface area contributed by atoms with Gasteiger partial charge in [0.25, 0.3) is 5.91 Å². The summed E-state index contributed by atoms with van der Waals surface area (Å²) in [5.41, 5.74) is 2.28. The van der Waals surface area contributed by atoms with Crippen LogP contribution in [0.4, 0.5) is 5.13 Å². The first-order valence-corrected chi connectivity index (χ1v) is 11.0. The predicted molar refractivity (Wildman–Crippen MR) is 116 cm³/mol. The van der Waals surface area contributed by atoms with Crippen molar-refractivity contribution in [3.8, 4) is 0 Å². The van der Waals surface area contributed by atoms with E-state index >= 15 is 0 Å². The number of aromatic nitrogens is 1. The molecule has 6 nitrogen and oxygen atoms in total. The second-order valence-corrected chi connectivity index (χ2v) is 8.61. The number of nitrogens with one attached hydrogen (secondary N) is 1. The van der Waals surface area contributed by atoms with Crippen LogP contribution in [-0.4, -0.2) is 27.7 Å². The van der Waals surface area contributed by atoms with Gasteiger partial charge in [-0.2, -0.15) is 0 Å². The first kappa shape index (κ1) is 20.3. The minimum atomic E-state index is -0.262. The number of amides is 2. The molecular weight excluding hydrogens is 398 g/mol. The van der Waals surface area contributed by atoms with Crippen molar-refractivity contribution in [3.05, 3.63) is 70.6 Å². The van der Waals surface area contributed by atoms with Crippen LogP contribution in [0.5, 0.6) is 0 Å². The van der Waals surface area contributed by atoms with E-state index in [1.54, 1.807) is 13.0 Å². The zero-order valence-electron chi connectivity index (χ0n) is 17.1. The van der Waals surface area contributed by atoms with Gasteiger partial charge >= 0.3 is 0 Å². The first-order valence-electron chi connectivity index (χ1n) is 10.1. The summed E-state index contributed by atoms with van der Waals surface area (Å²) < 4.78 is 5.18. The van der Waals surface area contributed by atoms with Crippen LogP contribution in [0.25, 0.3) is 0 Å². The van der Waals surface area contributed by atoms with Gasteiger partial charge in [0.15, 0.2) is 5.13 Å². The molecule has 156 valence electrons.